The first-order valence-corrected chi connectivity index (χ1v) is 7.23. The summed E-state index contributed by atoms with van der Waals surface area (Å²) in [4.78, 5) is 11.8. The van der Waals surface area contributed by atoms with Gasteiger partial charge in [0.1, 0.15) is 5.56 Å². The summed E-state index contributed by atoms with van der Waals surface area (Å²) in [6, 6.07) is 6.80. The molecule has 1 aromatic rings. The fraction of sp³-hybridized carbons (Fsp3) is 0.364. The number of ether oxygens (including phenoxy) is 1. The Labute approximate surface area is 106 Å². The van der Waals surface area contributed by atoms with Gasteiger partial charge in [-0.2, -0.15) is 0 Å². The van der Waals surface area contributed by atoms with Crippen LogP contribution in [0.15, 0.2) is 24.3 Å². The van der Waals surface area contributed by atoms with Crippen molar-refractivity contribution in [3.05, 3.63) is 29.8 Å². The van der Waals surface area contributed by atoms with Gasteiger partial charge in [-0.15, -0.1) is 4.52 Å². The second-order valence-corrected chi connectivity index (χ2v) is 5.34. The number of rotatable bonds is 5. The molecular formula is C11H14O4PS+. The monoisotopic (exact) mass is 273 g/mol. The largest absolute Gasteiger partial charge is 0.573 e. The fourth-order valence-corrected chi connectivity index (χ4v) is 1.75. The highest BCUT2D eigenvalue weighted by Gasteiger charge is 2.21. The molecule has 0 aliphatic heterocycles. The Kier molecular flexibility index (Phi) is 5.48. The minimum atomic E-state index is -1.44. The molecular weight excluding hydrogens is 259 g/mol. The minimum Gasteiger partial charge on any atom is -0.459 e. The lowest BCUT2D eigenvalue weighted by Crippen LogP contribution is -2.12. The van der Waals surface area contributed by atoms with Crippen LogP contribution in [0.1, 0.15) is 24.2 Å². The molecule has 0 saturated carbocycles. The zero-order chi connectivity index (χ0) is 12.8. The van der Waals surface area contributed by atoms with Crippen LogP contribution in [0.3, 0.4) is 0 Å². The van der Waals surface area contributed by atoms with Crippen LogP contribution >= 0.6 is 7.15 Å². The van der Waals surface area contributed by atoms with E-state index in [1.54, 1.807) is 38.1 Å². The number of carbonyl (C=O) groups excluding carboxylic acids is 1. The maximum absolute atomic E-state index is 11.8. The van der Waals surface area contributed by atoms with Crippen LogP contribution < -0.4 is 4.52 Å². The molecule has 17 heavy (non-hydrogen) atoms. The van der Waals surface area contributed by atoms with E-state index in [-0.39, 0.29) is 6.10 Å². The van der Waals surface area contributed by atoms with Gasteiger partial charge in [-0.25, -0.2) is 9.32 Å². The van der Waals surface area contributed by atoms with Crippen molar-refractivity contribution >= 4 is 24.9 Å². The van der Waals surface area contributed by atoms with Crippen molar-refractivity contribution in [1.82, 2.24) is 0 Å². The Bertz CT molecular complexity index is 420. The van der Waals surface area contributed by atoms with Crippen molar-refractivity contribution in [2.75, 3.05) is 7.11 Å². The highest BCUT2D eigenvalue weighted by Crippen LogP contribution is 2.30. The van der Waals surface area contributed by atoms with Crippen molar-refractivity contribution in [3.63, 3.8) is 0 Å². The van der Waals surface area contributed by atoms with Gasteiger partial charge in [0.05, 0.1) is 13.2 Å². The van der Waals surface area contributed by atoms with Gasteiger partial charge >= 0.3 is 13.1 Å². The molecule has 0 aromatic heterocycles. The first kappa shape index (κ1) is 14.0. The third-order valence-electron chi connectivity index (χ3n) is 1.77. The molecule has 0 saturated heterocycles. The lowest BCUT2D eigenvalue weighted by atomic mass is 10.2. The lowest BCUT2D eigenvalue weighted by Gasteiger charge is -2.08. The number of esters is 1. The van der Waals surface area contributed by atoms with Gasteiger partial charge in [0.25, 0.3) is 0 Å². The Morgan fingerprint density at radius 3 is 2.59 bits per heavy atom. The van der Waals surface area contributed by atoms with E-state index in [2.05, 4.69) is 0 Å². The van der Waals surface area contributed by atoms with Crippen LogP contribution in [0.5, 0.6) is 5.75 Å². The molecule has 1 rings (SSSR count). The Hall–Kier alpha value is -1.03. The van der Waals surface area contributed by atoms with Crippen LogP contribution in [0, 0.1) is 0 Å². The molecule has 0 heterocycles. The highest BCUT2D eigenvalue weighted by atomic mass is 32.4. The molecule has 0 aliphatic carbocycles. The maximum atomic E-state index is 11.8. The van der Waals surface area contributed by atoms with Gasteiger partial charge in [0.15, 0.2) is 0 Å². The van der Waals surface area contributed by atoms with Crippen molar-refractivity contribution in [2.45, 2.75) is 20.0 Å². The van der Waals surface area contributed by atoms with Crippen LogP contribution in [0.25, 0.3) is 0 Å². The predicted octanol–water partition coefficient (Wildman–Crippen LogP) is 3.05. The quantitative estimate of drug-likeness (QED) is 0.609. The summed E-state index contributed by atoms with van der Waals surface area (Å²) >= 11 is 4.92. The van der Waals surface area contributed by atoms with E-state index in [1.165, 1.54) is 7.11 Å². The molecule has 0 amide bonds. The first-order chi connectivity index (χ1) is 8.04. The Balaban J connectivity index is 2.91. The Morgan fingerprint density at radius 1 is 1.35 bits per heavy atom. The molecule has 6 heteroatoms. The van der Waals surface area contributed by atoms with Crippen molar-refractivity contribution < 1.29 is 18.6 Å². The van der Waals surface area contributed by atoms with Crippen molar-refractivity contribution in [2.24, 2.45) is 0 Å². The van der Waals surface area contributed by atoms with E-state index in [1.807, 2.05) is 0 Å². The third kappa shape index (κ3) is 4.38. The number of benzene rings is 1. The summed E-state index contributed by atoms with van der Waals surface area (Å²) in [5.74, 6) is -0.0359. The average molecular weight is 273 g/mol. The second-order valence-electron chi connectivity index (χ2n) is 3.45. The molecule has 0 N–H and O–H groups in total. The van der Waals surface area contributed by atoms with E-state index in [0.717, 1.165) is 0 Å². The average Bonchev–Trinajstić information content (AvgIpc) is 2.28. The SMILES string of the molecule is CO[P+](=S)Oc1ccccc1C(=O)OC(C)C. The molecule has 1 aromatic carbocycles. The molecule has 0 radical (unpaired) electrons. The van der Waals surface area contributed by atoms with Gasteiger partial charge < -0.3 is 4.74 Å². The summed E-state index contributed by atoms with van der Waals surface area (Å²) in [6.45, 7) is 3.58. The molecule has 1 atom stereocenters. The molecule has 0 fully saturated rings. The minimum absolute atomic E-state index is 0.178. The lowest BCUT2D eigenvalue weighted by molar-refractivity contribution is 0.0376. The first-order valence-electron chi connectivity index (χ1n) is 5.04. The zero-order valence-corrected chi connectivity index (χ0v) is 11.6. The maximum Gasteiger partial charge on any atom is 0.573 e. The van der Waals surface area contributed by atoms with Crippen molar-refractivity contribution in [3.8, 4) is 5.75 Å². The number of carbonyl (C=O) groups is 1. The van der Waals surface area contributed by atoms with Gasteiger partial charge in [0, 0.05) is 0 Å². The zero-order valence-electron chi connectivity index (χ0n) is 9.88. The van der Waals surface area contributed by atoms with Crippen molar-refractivity contribution in [1.29, 1.82) is 0 Å². The van der Waals surface area contributed by atoms with Crippen LogP contribution in [0.2, 0.25) is 0 Å². The molecule has 0 bridgehead atoms. The fourth-order valence-electron chi connectivity index (χ4n) is 1.11. The number of para-hydroxylation sites is 1. The standard InChI is InChI=1S/C11H14O4PS/c1-8(2)14-11(12)9-6-4-5-7-10(9)15-16(17)13-3/h4-8H,1-3H3/q+1. The summed E-state index contributed by atoms with van der Waals surface area (Å²) in [5.41, 5.74) is 0.357. The summed E-state index contributed by atoms with van der Waals surface area (Å²) < 4.78 is 15.3. The summed E-state index contributed by atoms with van der Waals surface area (Å²) in [5, 5.41) is 0. The van der Waals surface area contributed by atoms with E-state index in [9.17, 15) is 4.79 Å². The third-order valence-corrected chi connectivity index (χ3v) is 3.09. The molecule has 92 valence electrons. The summed E-state index contributed by atoms with van der Waals surface area (Å²) in [6.07, 6.45) is -0.178. The van der Waals surface area contributed by atoms with Crippen LogP contribution in [0.4, 0.5) is 0 Å². The van der Waals surface area contributed by atoms with E-state index >= 15 is 0 Å². The van der Waals surface area contributed by atoms with Gasteiger partial charge in [0.2, 0.25) is 17.6 Å². The normalized spacial score (nSPS) is 11.2. The number of hydrogen-bond donors (Lipinski definition) is 0. The highest BCUT2D eigenvalue weighted by molar-refractivity contribution is 8.00. The predicted molar refractivity (Wildman–Crippen MR) is 68.9 cm³/mol. The van der Waals surface area contributed by atoms with Gasteiger partial charge in [-0.05, 0) is 26.0 Å². The van der Waals surface area contributed by atoms with Gasteiger partial charge in [-0.3, -0.25) is 0 Å². The summed E-state index contributed by atoms with van der Waals surface area (Å²) in [7, 11) is 0.0256. The topological polar surface area (TPSA) is 44.8 Å². The van der Waals surface area contributed by atoms with Gasteiger partial charge in [-0.1, -0.05) is 12.1 Å². The van der Waals surface area contributed by atoms with Crippen LogP contribution in [-0.4, -0.2) is 19.2 Å². The van der Waals surface area contributed by atoms with E-state index < -0.39 is 13.1 Å². The molecule has 4 nitrogen and oxygen atoms in total. The molecule has 0 spiro atoms. The number of hydrogen-bond acceptors (Lipinski definition) is 5. The molecule has 1 unspecified atom stereocenters. The molecule has 0 aliphatic rings. The smallest absolute Gasteiger partial charge is 0.459 e. The van der Waals surface area contributed by atoms with Crippen LogP contribution in [-0.2, 0) is 21.1 Å². The van der Waals surface area contributed by atoms with E-state index in [4.69, 9.17) is 25.6 Å². The second kappa shape index (κ2) is 6.64. The van der Waals surface area contributed by atoms with E-state index in [0.29, 0.717) is 11.3 Å². The Morgan fingerprint density at radius 2 is 2.00 bits per heavy atom.